The quantitative estimate of drug-likeness (QED) is 0.775. The van der Waals surface area contributed by atoms with Crippen molar-refractivity contribution in [3.63, 3.8) is 0 Å². The van der Waals surface area contributed by atoms with Gasteiger partial charge in [0.25, 0.3) is 0 Å². The predicted octanol–water partition coefficient (Wildman–Crippen LogP) is 1.73. The Morgan fingerprint density at radius 3 is 2.31 bits per heavy atom. The second-order valence-electron chi connectivity index (χ2n) is 5.24. The molecule has 0 saturated carbocycles. The van der Waals surface area contributed by atoms with Gasteiger partial charge in [-0.25, -0.2) is 0 Å². The Bertz CT molecular complexity index is 188. The van der Waals surface area contributed by atoms with Crippen LogP contribution in [0.25, 0.3) is 0 Å². The van der Waals surface area contributed by atoms with Crippen LogP contribution >= 0.6 is 0 Å². The molecule has 1 N–H and O–H groups in total. The van der Waals surface area contributed by atoms with Gasteiger partial charge in [-0.05, 0) is 39.8 Å². The van der Waals surface area contributed by atoms with Crippen LogP contribution in [0, 0.1) is 5.92 Å². The molecule has 1 rings (SSSR count). The molecule has 16 heavy (non-hydrogen) atoms. The van der Waals surface area contributed by atoms with Crippen molar-refractivity contribution in [2.45, 2.75) is 52.9 Å². The lowest BCUT2D eigenvalue weighted by molar-refractivity contribution is -0.0837. The number of rotatable bonds is 5. The Balaban J connectivity index is 2.42. The number of hydrogen-bond acceptors (Lipinski definition) is 3. The number of nitrogens with zero attached hydrogens (tertiary/aromatic N) is 1. The minimum Gasteiger partial charge on any atom is -0.373 e. The summed E-state index contributed by atoms with van der Waals surface area (Å²) >= 11 is 0. The molecule has 0 spiro atoms. The lowest BCUT2D eigenvalue weighted by Crippen LogP contribution is -2.52. The van der Waals surface area contributed by atoms with Gasteiger partial charge in [0.1, 0.15) is 0 Å². The van der Waals surface area contributed by atoms with Crippen LogP contribution in [0.4, 0.5) is 0 Å². The standard InChI is InChI=1S/C13H28N2O/c1-6-14-7-10(2)13(5)15-8-11(3)16-12(4)9-15/h10-14H,6-9H2,1-5H3. The highest BCUT2D eigenvalue weighted by Gasteiger charge is 2.27. The van der Waals surface area contributed by atoms with Gasteiger partial charge in [-0.2, -0.15) is 0 Å². The zero-order valence-electron chi connectivity index (χ0n) is 11.5. The first kappa shape index (κ1) is 13.9. The van der Waals surface area contributed by atoms with Gasteiger partial charge in [-0.3, -0.25) is 4.90 Å². The van der Waals surface area contributed by atoms with Crippen molar-refractivity contribution >= 4 is 0 Å². The second kappa shape index (κ2) is 6.58. The summed E-state index contributed by atoms with van der Waals surface area (Å²) in [4.78, 5) is 2.57. The Morgan fingerprint density at radius 2 is 1.81 bits per heavy atom. The molecule has 0 aliphatic carbocycles. The van der Waals surface area contributed by atoms with Crippen LogP contribution in [0.1, 0.15) is 34.6 Å². The van der Waals surface area contributed by atoms with E-state index >= 15 is 0 Å². The second-order valence-corrected chi connectivity index (χ2v) is 5.24. The highest BCUT2D eigenvalue weighted by Crippen LogP contribution is 2.17. The van der Waals surface area contributed by atoms with Crippen molar-refractivity contribution in [3.8, 4) is 0 Å². The summed E-state index contributed by atoms with van der Waals surface area (Å²) in [5.74, 6) is 0.692. The van der Waals surface area contributed by atoms with Gasteiger partial charge in [0.2, 0.25) is 0 Å². The minimum absolute atomic E-state index is 0.373. The Hall–Kier alpha value is -0.120. The molecule has 3 nitrogen and oxygen atoms in total. The molecule has 1 heterocycles. The molecule has 4 unspecified atom stereocenters. The maximum Gasteiger partial charge on any atom is 0.0678 e. The molecule has 1 aliphatic heterocycles. The molecular weight excluding hydrogens is 200 g/mol. The van der Waals surface area contributed by atoms with Crippen LogP contribution < -0.4 is 5.32 Å². The first-order valence-corrected chi connectivity index (χ1v) is 6.64. The van der Waals surface area contributed by atoms with Gasteiger partial charge in [0, 0.05) is 19.1 Å². The molecular formula is C13H28N2O. The van der Waals surface area contributed by atoms with Crippen molar-refractivity contribution in [2.75, 3.05) is 26.2 Å². The topological polar surface area (TPSA) is 24.5 Å². The van der Waals surface area contributed by atoms with Crippen LogP contribution in [0.3, 0.4) is 0 Å². The molecule has 3 heteroatoms. The third kappa shape index (κ3) is 4.04. The van der Waals surface area contributed by atoms with E-state index in [2.05, 4.69) is 44.8 Å². The van der Waals surface area contributed by atoms with Crippen molar-refractivity contribution in [3.05, 3.63) is 0 Å². The Morgan fingerprint density at radius 1 is 1.25 bits per heavy atom. The van der Waals surface area contributed by atoms with Crippen LogP contribution in [0.15, 0.2) is 0 Å². The molecule has 0 aromatic heterocycles. The third-order valence-electron chi connectivity index (χ3n) is 3.56. The average molecular weight is 228 g/mol. The SMILES string of the molecule is CCNCC(C)C(C)N1CC(C)OC(C)C1. The summed E-state index contributed by atoms with van der Waals surface area (Å²) in [5.41, 5.74) is 0. The maximum absolute atomic E-state index is 5.77. The van der Waals surface area contributed by atoms with E-state index in [9.17, 15) is 0 Å². The van der Waals surface area contributed by atoms with Gasteiger partial charge in [0.15, 0.2) is 0 Å². The molecule has 1 fully saturated rings. The van der Waals surface area contributed by atoms with Gasteiger partial charge < -0.3 is 10.1 Å². The summed E-state index contributed by atoms with van der Waals surface area (Å²) in [6.07, 6.45) is 0.745. The van der Waals surface area contributed by atoms with Gasteiger partial charge >= 0.3 is 0 Å². The summed E-state index contributed by atoms with van der Waals surface area (Å²) in [6, 6.07) is 0.632. The molecule has 4 atom stereocenters. The Labute approximate surface area is 101 Å². The average Bonchev–Trinajstić information content (AvgIpc) is 2.23. The molecule has 0 radical (unpaired) electrons. The fraction of sp³-hybridized carbons (Fsp3) is 1.00. The predicted molar refractivity (Wildman–Crippen MR) is 68.8 cm³/mol. The number of ether oxygens (including phenoxy) is 1. The van der Waals surface area contributed by atoms with E-state index in [-0.39, 0.29) is 0 Å². The van der Waals surface area contributed by atoms with Gasteiger partial charge in [-0.15, -0.1) is 0 Å². The monoisotopic (exact) mass is 228 g/mol. The third-order valence-corrected chi connectivity index (χ3v) is 3.56. The fourth-order valence-corrected chi connectivity index (χ4v) is 2.45. The fourth-order valence-electron chi connectivity index (χ4n) is 2.45. The molecule has 0 aromatic rings. The lowest BCUT2D eigenvalue weighted by atomic mass is 10.0. The van der Waals surface area contributed by atoms with E-state index in [4.69, 9.17) is 4.74 Å². The lowest BCUT2D eigenvalue weighted by Gasteiger charge is -2.41. The number of morpholine rings is 1. The highest BCUT2D eigenvalue weighted by atomic mass is 16.5. The summed E-state index contributed by atoms with van der Waals surface area (Å²) in [6.45, 7) is 15.5. The highest BCUT2D eigenvalue weighted by molar-refractivity contribution is 4.81. The minimum atomic E-state index is 0.373. The largest absolute Gasteiger partial charge is 0.373 e. The van der Waals surface area contributed by atoms with Crippen LogP contribution in [-0.4, -0.2) is 49.3 Å². The van der Waals surface area contributed by atoms with Crippen molar-refractivity contribution in [2.24, 2.45) is 5.92 Å². The van der Waals surface area contributed by atoms with Gasteiger partial charge in [0.05, 0.1) is 12.2 Å². The van der Waals surface area contributed by atoms with E-state index in [1.165, 1.54) is 0 Å². The van der Waals surface area contributed by atoms with E-state index in [1.807, 2.05) is 0 Å². The zero-order valence-corrected chi connectivity index (χ0v) is 11.5. The first-order chi connectivity index (χ1) is 7.54. The molecule has 0 aromatic carbocycles. The van der Waals surface area contributed by atoms with E-state index in [0.29, 0.717) is 24.2 Å². The summed E-state index contributed by atoms with van der Waals surface area (Å²) in [5, 5.41) is 3.43. The summed E-state index contributed by atoms with van der Waals surface area (Å²) < 4.78 is 5.77. The normalized spacial score (nSPS) is 31.3. The number of hydrogen-bond donors (Lipinski definition) is 1. The zero-order chi connectivity index (χ0) is 12.1. The first-order valence-electron chi connectivity index (χ1n) is 6.64. The Kier molecular flexibility index (Phi) is 5.73. The van der Waals surface area contributed by atoms with Crippen molar-refractivity contribution < 1.29 is 4.74 Å². The van der Waals surface area contributed by atoms with Crippen molar-refractivity contribution in [1.82, 2.24) is 10.2 Å². The van der Waals surface area contributed by atoms with Crippen LogP contribution in [0.5, 0.6) is 0 Å². The summed E-state index contributed by atoms with van der Waals surface area (Å²) in [7, 11) is 0. The van der Waals surface area contributed by atoms with Gasteiger partial charge in [-0.1, -0.05) is 13.8 Å². The number of nitrogens with one attached hydrogen (secondary N) is 1. The van der Waals surface area contributed by atoms with E-state index in [0.717, 1.165) is 26.2 Å². The molecule has 1 saturated heterocycles. The van der Waals surface area contributed by atoms with Crippen LogP contribution in [0.2, 0.25) is 0 Å². The van der Waals surface area contributed by atoms with Crippen molar-refractivity contribution in [1.29, 1.82) is 0 Å². The molecule has 0 bridgehead atoms. The molecule has 0 amide bonds. The molecule has 1 aliphatic rings. The van der Waals surface area contributed by atoms with E-state index < -0.39 is 0 Å². The maximum atomic E-state index is 5.77. The van der Waals surface area contributed by atoms with E-state index in [1.54, 1.807) is 0 Å². The van der Waals surface area contributed by atoms with Crippen LogP contribution in [-0.2, 0) is 4.74 Å². The smallest absolute Gasteiger partial charge is 0.0678 e. The molecule has 96 valence electrons.